The van der Waals surface area contributed by atoms with Gasteiger partial charge in [0.05, 0.1) is 10.2 Å². The second kappa shape index (κ2) is 4.23. The third-order valence-corrected chi connectivity index (χ3v) is 3.88. The first-order valence-electron chi connectivity index (χ1n) is 5.25. The molecule has 0 aliphatic carbocycles. The molecule has 3 rings (SSSR count). The summed E-state index contributed by atoms with van der Waals surface area (Å²) in [6.45, 7) is 0. The van der Waals surface area contributed by atoms with Gasteiger partial charge in [0.15, 0.2) is 0 Å². The van der Waals surface area contributed by atoms with E-state index in [0.717, 1.165) is 10.2 Å². The highest BCUT2D eigenvalue weighted by atomic mass is 35.5. The molecule has 2 aromatic carbocycles. The molecule has 5 heteroatoms. The first-order valence-corrected chi connectivity index (χ1v) is 6.44. The van der Waals surface area contributed by atoms with Crippen LogP contribution in [0.1, 0.15) is 0 Å². The van der Waals surface area contributed by atoms with Crippen LogP contribution in [0.5, 0.6) is 0 Å². The van der Waals surface area contributed by atoms with E-state index in [4.69, 9.17) is 17.3 Å². The van der Waals surface area contributed by atoms with Gasteiger partial charge in [0, 0.05) is 16.3 Å². The smallest absolute Gasteiger partial charge is 0.126 e. The van der Waals surface area contributed by atoms with E-state index >= 15 is 0 Å². The predicted molar refractivity (Wildman–Crippen MR) is 74.4 cm³/mol. The Balaban J connectivity index is 2.22. The Labute approximate surface area is 112 Å². The lowest BCUT2D eigenvalue weighted by atomic mass is 10.2. The van der Waals surface area contributed by atoms with Gasteiger partial charge in [0.25, 0.3) is 0 Å². The van der Waals surface area contributed by atoms with Crippen LogP contribution in [0.15, 0.2) is 36.4 Å². The lowest BCUT2D eigenvalue weighted by Gasteiger charge is -2.01. The lowest BCUT2D eigenvalue weighted by molar-refractivity contribution is 0.628. The molecule has 0 spiro atoms. The number of anilines is 1. The topological polar surface area (TPSA) is 38.9 Å². The summed E-state index contributed by atoms with van der Waals surface area (Å²) in [5.74, 6) is -0.323. The maximum absolute atomic E-state index is 13.3. The number of hydrogen-bond acceptors (Lipinski definition) is 3. The molecular formula is C13H8ClFN2S. The first-order chi connectivity index (χ1) is 8.63. The number of benzene rings is 2. The molecule has 0 aliphatic heterocycles. The summed E-state index contributed by atoms with van der Waals surface area (Å²) < 4.78 is 14.2. The van der Waals surface area contributed by atoms with Crippen LogP contribution in [-0.2, 0) is 0 Å². The Bertz CT molecular complexity index is 739. The molecule has 0 fully saturated rings. The average molecular weight is 279 g/mol. The zero-order valence-corrected chi connectivity index (χ0v) is 10.7. The van der Waals surface area contributed by atoms with E-state index in [1.54, 1.807) is 12.1 Å². The molecule has 0 unspecified atom stereocenters. The van der Waals surface area contributed by atoms with Crippen molar-refractivity contribution < 1.29 is 4.39 Å². The normalized spacial score (nSPS) is 11.0. The predicted octanol–water partition coefficient (Wildman–Crippen LogP) is 4.34. The third-order valence-electron chi connectivity index (χ3n) is 2.60. The number of nitrogens with zero attached hydrogens (tertiary/aromatic N) is 1. The van der Waals surface area contributed by atoms with Crippen molar-refractivity contribution in [2.24, 2.45) is 0 Å². The number of nitrogen functional groups attached to an aromatic ring is 1. The number of nitrogens with two attached hydrogens (primary N) is 1. The summed E-state index contributed by atoms with van der Waals surface area (Å²) in [5.41, 5.74) is 7.82. The summed E-state index contributed by atoms with van der Waals surface area (Å²) in [5, 5.41) is 1.36. The highest BCUT2D eigenvalue weighted by Crippen LogP contribution is 2.34. The molecule has 0 bridgehead atoms. The van der Waals surface area contributed by atoms with Crippen LogP contribution in [0.3, 0.4) is 0 Å². The zero-order valence-electron chi connectivity index (χ0n) is 9.15. The van der Waals surface area contributed by atoms with Crippen molar-refractivity contribution >= 4 is 38.8 Å². The van der Waals surface area contributed by atoms with Gasteiger partial charge in [-0.3, -0.25) is 0 Å². The number of rotatable bonds is 1. The summed E-state index contributed by atoms with van der Waals surface area (Å²) in [6.07, 6.45) is 0. The van der Waals surface area contributed by atoms with Crippen LogP contribution in [0.2, 0.25) is 5.02 Å². The fourth-order valence-electron chi connectivity index (χ4n) is 1.73. The van der Waals surface area contributed by atoms with Crippen molar-refractivity contribution in [2.75, 3.05) is 5.73 Å². The zero-order chi connectivity index (χ0) is 12.7. The molecule has 1 heterocycles. The minimum Gasteiger partial charge on any atom is -0.398 e. The van der Waals surface area contributed by atoms with E-state index in [0.29, 0.717) is 21.3 Å². The maximum Gasteiger partial charge on any atom is 0.126 e. The molecule has 18 heavy (non-hydrogen) atoms. The number of fused-ring (bicyclic) bond motifs is 1. The number of hydrogen-bond donors (Lipinski definition) is 1. The molecule has 90 valence electrons. The van der Waals surface area contributed by atoms with E-state index in [1.165, 1.54) is 23.5 Å². The monoisotopic (exact) mass is 278 g/mol. The molecule has 2 nitrogen and oxygen atoms in total. The van der Waals surface area contributed by atoms with Crippen LogP contribution in [0.4, 0.5) is 10.1 Å². The largest absolute Gasteiger partial charge is 0.398 e. The SMILES string of the molecule is Nc1ccc(F)cc1-c1nc2ccc(Cl)cc2s1. The van der Waals surface area contributed by atoms with Crippen molar-refractivity contribution in [3.05, 3.63) is 47.2 Å². The minimum atomic E-state index is -0.323. The molecule has 0 atom stereocenters. The molecule has 3 aromatic rings. The fourth-order valence-corrected chi connectivity index (χ4v) is 3.01. The molecule has 0 amide bonds. The summed E-state index contributed by atoms with van der Waals surface area (Å²) in [7, 11) is 0. The van der Waals surface area contributed by atoms with Crippen LogP contribution < -0.4 is 5.73 Å². The van der Waals surface area contributed by atoms with Gasteiger partial charge < -0.3 is 5.73 Å². The second-order valence-corrected chi connectivity index (χ2v) is 5.33. The van der Waals surface area contributed by atoms with Gasteiger partial charge >= 0.3 is 0 Å². The first kappa shape index (κ1) is 11.4. The molecule has 0 radical (unpaired) electrons. The van der Waals surface area contributed by atoms with Crippen molar-refractivity contribution in [3.8, 4) is 10.6 Å². The number of thiazole rings is 1. The van der Waals surface area contributed by atoms with Crippen LogP contribution >= 0.6 is 22.9 Å². The Kier molecular flexibility index (Phi) is 2.69. The summed E-state index contributed by atoms with van der Waals surface area (Å²) in [4.78, 5) is 4.44. The van der Waals surface area contributed by atoms with E-state index in [9.17, 15) is 4.39 Å². The molecule has 0 saturated carbocycles. The van der Waals surface area contributed by atoms with E-state index in [2.05, 4.69) is 4.98 Å². The van der Waals surface area contributed by atoms with E-state index < -0.39 is 0 Å². The molecule has 0 saturated heterocycles. The maximum atomic E-state index is 13.3. The van der Waals surface area contributed by atoms with Crippen LogP contribution in [0.25, 0.3) is 20.8 Å². The Morgan fingerprint density at radius 2 is 2.00 bits per heavy atom. The Morgan fingerprint density at radius 3 is 2.83 bits per heavy atom. The van der Waals surface area contributed by atoms with E-state index in [-0.39, 0.29) is 5.82 Å². The van der Waals surface area contributed by atoms with Crippen LogP contribution in [0, 0.1) is 5.82 Å². The number of halogens is 2. The quantitative estimate of drug-likeness (QED) is 0.673. The van der Waals surface area contributed by atoms with Gasteiger partial charge in [0.1, 0.15) is 10.8 Å². The fraction of sp³-hybridized carbons (Fsp3) is 0. The highest BCUT2D eigenvalue weighted by Gasteiger charge is 2.10. The van der Waals surface area contributed by atoms with Gasteiger partial charge in [-0.05, 0) is 36.4 Å². The Morgan fingerprint density at radius 1 is 1.17 bits per heavy atom. The van der Waals surface area contributed by atoms with Gasteiger partial charge in [-0.15, -0.1) is 11.3 Å². The van der Waals surface area contributed by atoms with Gasteiger partial charge in [-0.1, -0.05) is 11.6 Å². The molecular weight excluding hydrogens is 271 g/mol. The van der Waals surface area contributed by atoms with E-state index in [1.807, 2.05) is 12.1 Å². The minimum absolute atomic E-state index is 0.323. The molecule has 1 aromatic heterocycles. The van der Waals surface area contributed by atoms with Crippen LogP contribution in [-0.4, -0.2) is 4.98 Å². The lowest BCUT2D eigenvalue weighted by Crippen LogP contribution is -1.90. The van der Waals surface area contributed by atoms with Gasteiger partial charge in [-0.25, -0.2) is 9.37 Å². The van der Waals surface area contributed by atoms with Crippen molar-refractivity contribution in [1.29, 1.82) is 0 Å². The second-order valence-electron chi connectivity index (χ2n) is 3.86. The van der Waals surface area contributed by atoms with Gasteiger partial charge in [-0.2, -0.15) is 0 Å². The standard InChI is InChI=1S/C13H8ClFN2S/c14-7-1-4-11-12(5-7)18-13(17-11)9-6-8(15)2-3-10(9)16/h1-6H,16H2. The average Bonchev–Trinajstić information content (AvgIpc) is 2.74. The van der Waals surface area contributed by atoms with Crippen molar-refractivity contribution in [1.82, 2.24) is 4.98 Å². The summed E-state index contributed by atoms with van der Waals surface area (Å²) in [6, 6.07) is 9.74. The third kappa shape index (κ3) is 1.94. The highest BCUT2D eigenvalue weighted by molar-refractivity contribution is 7.21. The molecule has 0 aliphatic rings. The van der Waals surface area contributed by atoms with Gasteiger partial charge in [0.2, 0.25) is 0 Å². The van der Waals surface area contributed by atoms with Crippen molar-refractivity contribution in [2.45, 2.75) is 0 Å². The molecule has 2 N–H and O–H groups in total. The Hall–Kier alpha value is -1.65. The number of aromatic nitrogens is 1. The summed E-state index contributed by atoms with van der Waals surface area (Å²) >= 11 is 7.37. The van der Waals surface area contributed by atoms with Crippen molar-refractivity contribution in [3.63, 3.8) is 0 Å².